The van der Waals surface area contributed by atoms with Gasteiger partial charge in [-0.2, -0.15) is 0 Å². The van der Waals surface area contributed by atoms with Gasteiger partial charge in [0.15, 0.2) is 0 Å². The van der Waals surface area contributed by atoms with E-state index < -0.39 is 0 Å². The largest absolute Gasteiger partial charge is 0.311 e. The van der Waals surface area contributed by atoms with E-state index in [0.717, 1.165) is 29.9 Å². The molecule has 0 aliphatic heterocycles. The standard InChI is InChI=1S/C78H55N/c1-2-13-31-64(66-33-15-14-32-65(66)63(30-12-1)54-24-6-3-7-25-54)55-42-48-60(49-43-55)79(61-50-44-58(45-51-61)77-71-38-20-16-34-67(71)75(56-26-8-4-9-27-56)68-35-17-21-39-72(68)77)62-52-46-59(47-53-62)78-73-40-22-18-36-69(73)76(57-28-10-5-11-29-57)70-37-19-23-41-74(70)78/h1-29,32-53H,30-31H2/b12-1-,13-2-,65-63+,66-64+. The van der Waals surface area contributed by atoms with Crippen molar-refractivity contribution in [1.82, 2.24) is 0 Å². The smallest absolute Gasteiger partial charge is 0.0462 e. The van der Waals surface area contributed by atoms with Crippen LogP contribution in [0.2, 0.25) is 0 Å². The summed E-state index contributed by atoms with van der Waals surface area (Å²) in [4.78, 5) is 2.42. The van der Waals surface area contributed by atoms with Crippen LogP contribution in [0.3, 0.4) is 0 Å². The average molecular weight is 1010 g/mol. The average Bonchev–Trinajstić information content (AvgIpc) is 3.55. The van der Waals surface area contributed by atoms with Gasteiger partial charge in [-0.05, 0) is 170 Å². The minimum atomic E-state index is 0.806. The Labute approximate surface area is 462 Å². The van der Waals surface area contributed by atoms with Crippen molar-refractivity contribution in [2.24, 2.45) is 0 Å². The first kappa shape index (κ1) is 47.4. The summed E-state index contributed by atoms with van der Waals surface area (Å²) in [5.74, 6) is 0. The lowest BCUT2D eigenvalue weighted by Gasteiger charge is -2.27. The second-order valence-electron chi connectivity index (χ2n) is 20.5. The molecule has 0 unspecified atom stereocenters. The molecular weight excluding hydrogens is 951 g/mol. The topological polar surface area (TPSA) is 3.24 Å². The van der Waals surface area contributed by atoms with E-state index in [1.165, 1.54) is 120 Å². The summed E-state index contributed by atoms with van der Waals surface area (Å²) in [6.07, 6.45) is 10.6. The highest BCUT2D eigenvalue weighted by atomic mass is 15.1. The number of rotatable bonds is 9. The van der Waals surface area contributed by atoms with Crippen molar-refractivity contribution in [2.75, 3.05) is 4.90 Å². The summed E-state index contributed by atoms with van der Waals surface area (Å²) in [5, 5.41) is 12.5. The molecule has 0 saturated carbocycles. The molecule has 1 nitrogen and oxygen atoms in total. The zero-order valence-electron chi connectivity index (χ0n) is 43.8. The SMILES string of the molecule is C1=C\C/C(c2ccccc2)=c2/cccc/c2=C(\c2ccc(N(c3ccc(-c4c5ccccc5c(-c5ccccc5)c5ccccc45)cc3)c3ccc(-c4c5ccccc5c(-c5ccccc5)c5ccccc45)cc3)cc2)C\C=C/1. The van der Waals surface area contributed by atoms with Gasteiger partial charge in [-0.25, -0.2) is 0 Å². The molecule has 1 aliphatic carbocycles. The van der Waals surface area contributed by atoms with Crippen LogP contribution in [-0.2, 0) is 0 Å². The third-order valence-corrected chi connectivity index (χ3v) is 16.0. The Hall–Kier alpha value is -10.1. The van der Waals surface area contributed by atoms with E-state index in [0.29, 0.717) is 0 Å². The lowest BCUT2D eigenvalue weighted by atomic mass is 9.86. The van der Waals surface area contributed by atoms with E-state index in [1.54, 1.807) is 0 Å². The van der Waals surface area contributed by atoms with Gasteiger partial charge in [-0.1, -0.05) is 273 Å². The van der Waals surface area contributed by atoms with E-state index in [1.807, 2.05) is 0 Å². The quantitative estimate of drug-likeness (QED) is 0.130. The number of allylic oxidation sites excluding steroid dienone is 4. The molecule has 0 N–H and O–H groups in total. The van der Waals surface area contributed by atoms with Gasteiger partial charge >= 0.3 is 0 Å². The van der Waals surface area contributed by atoms with Crippen molar-refractivity contribution in [1.29, 1.82) is 0 Å². The predicted molar refractivity (Wildman–Crippen MR) is 338 cm³/mol. The number of anilines is 3. The van der Waals surface area contributed by atoms with Crippen LogP contribution in [0.1, 0.15) is 24.0 Å². The fraction of sp³-hybridized carbons (Fsp3) is 0.0256. The molecule has 0 bridgehead atoms. The van der Waals surface area contributed by atoms with Gasteiger partial charge in [-0.3, -0.25) is 0 Å². The minimum Gasteiger partial charge on any atom is -0.311 e. The minimum absolute atomic E-state index is 0.806. The maximum atomic E-state index is 2.42. The number of nitrogens with zero attached hydrogens (tertiary/aromatic N) is 1. The Kier molecular flexibility index (Phi) is 12.5. The molecule has 13 aromatic rings. The van der Waals surface area contributed by atoms with Gasteiger partial charge in [0.05, 0.1) is 0 Å². The van der Waals surface area contributed by atoms with Crippen LogP contribution in [0.25, 0.3) is 98.7 Å². The van der Waals surface area contributed by atoms with Crippen LogP contribution in [0.5, 0.6) is 0 Å². The molecule has 14 rings (SSSR count). The summed E-state index contributed by atoms with van der Waals surface area (Å²) in [6, 6.07) is 105. The second-order valence-corrected chi connectivity index (χ2v) is 20.5. The maximum absolute atomic E-state index is 2.42. The first-order chi connectivity index (χ1) is 39.2. The Morgan fingerprint density at radius 3 is 0.734 bits per heavy atom. The molecule has 79 heavy (non-hydrogen) atoms. The molecule has 0 radical (unpaired) electrons. The van der Waals surface area contributed by atoms with Crippen LogP contribution in [0, 0.1) is 0 Å². The van der Waals surface area contributed by atoms with Gasteiger partial charge in [0, 0.05) is 17.1 Å². The lowest BCUT2D eigenvalue weighted by molar-refractivity contribution is 1.26. The van der Waals surface area contributed by atoms with Gasteiger partial charge in [0.2, 0.25) is 0 Å². The molecule has 0 atom stereocenters. The fourth-order valence-electron chi connectivity index (χ4n) is 12.5. The second kappa shape index (κ2) is 20.8. The molecule has 0 spiro atoms. The summed E-state index contributed by atoms with van der Waals surface area (Å²) in [5.41, 5.74) is 18.2. The summed E-state index contributed by atoms with van der Waals surface area (Å²) in [6.45, 7) is 0. The Bertz CT molecular complexity index is 4270. The van der Waals surface area contributed by atoms with Crippen LogP contribution < -0.4 is 15.3 Å². The van der Waals surface area contributed by atoms with Crippen LogP contribution in [-0.4, -0.2) is 0 Å². The zero-order chi connectivity index (χ0) is 52.5. The highest BCUT2D eigenvalue weighted by Crippen LogP contribution is 2.47. The van der Waals surface area contributed by atoms with Crippen molar-refractivity contribution < 1.29 is 0 Å². The van der Waals surface area contributed by atoms with E-state index in [4.69, 9.17) is 0 Å². The van der Waals surface area contributed by atoms with Gasteiger partial charge < -0.3 is 4.90 Å². The molecular formula is C78H55N. The molecule has 1 heteroatoms. The Balaban J connectivity index is 0.928. The highest BCUT2D eigenvalue weighted by molar-refractivity contribution is 6.22. The van der Waals surface area contributed by atoms with Crippen molar-refractivity contribution >= 4 is 71.3 Å². The lowest BCUT2D eigenvalue weighted by Crippen LogP contribution is -2.29. The fourth-order valence-corrected chi connectivity index (χ4v) is 12.5. The van der Waals surface area contributed by atoms with Gasteiger partial charge in [0.25, 0.3) is 0 Å². The number of hydrogen-bond donors (Lipinski definition) is 0. The van der Waals surface area contributed by atoms with E-state index in [9.17, 15) is 0 Å². The molecule has 372 valence electrons. The Morgan fingerprint density at radius 1 is 0.203 bits per heavy atom. The summed E-state index contributed by atoms with van der Waals surface area (Å²) in [7, 11) is 0. The molecule has 1 aliphatic rings. The summed E-state index contributed by atoms with van der Waals surface area (Å²) >= 11 is 0. The third-order valence-electron chi connectivity index (χ3n) is 16.0. The van der Waals surface area contributed by atoms with E-state index in [2.05, 4.69) is 314 Å². The third kappa shape index (κ3) is 8.73. The van der Waals surface area contributed by atoms with Crippen LogP contribution >= 0.6 is 0 Å². The normalized spacial score (nSPS) is 14.7. The monoisotopic (exact) mass is 1010 g/mol. The maximum Gasteiger partial charge on any atom is 0.0462 e. The van der Waals surface area contributed by atoms with Crippen molar-refractivity contribution in [3.05, 3.63) is 331 Å². The van der Waals surface area contributed by atoms with Crippen molar-refractivity contribution in [3.63, 3.8) is 0 Å². The predicted octanol–water partition coefficient (Wildman–Crippen LogP) is 19.7. The highest BCUT2D eigenvalue weighted by Gasteiger charge is 2.21. The molecule has 13 aromatic carbocycles. The molecule has 0 aromatic heterocycles. The zero-order valence-corrected chi connectivity index (χ0v) is 43.8. The Morgan fingerprint density at radius 2 is 0.430 bits per heavy atom. The van der Waals surface area contributed by atoms with E-state index in [-0.39, 0.29) is 0 Å². The molecule has 0 heterocycles. The first-order valence-corrected chi connectivity index (χ1v) is 27.5. The van der Waals surface area contributed by atoms with Crippen molar-refractivity contribution in [2.45, 2.75) is 12.8 Å². The molecule has 0 saturated heterocycles. The number of hydrogen-bond acceptors (Lipinski definition) is 1. The van der Waals surface area contributed by atoms with Gasteiger partial charge in [0.1, 0.15) is 0 Å². The van der Waals surface area contributed by atoms with Crippen LogP contribution in [0.4, 0.5) is 17.1 Å². The number of benzene rings is 13. The molecule has 0 amide bonds. The molecule has 0 fully saturated rings. The van der Waals surface area contributed by atoms with Crippen molar-refractivity contribution in [3.8, 4) is 44.5 Å². The first-order valence-electron chi connectivity index (χ1n) is 27.5. The number of fused-ring (bicyclic) bond motifs is 5. The summed E-state index contributed by atoms with van der Waals surface area (Å²) < 4.78 is 0. The van der Waals surface area contributed by atoms with E-state index >= 15 is 0 Å². The van der Waals surface area contributed by atoms with Gasteiger partial charge in [-0.15, -0.1) is 0 Å². The van der Waals surface area contributed by atoms with Crippen LogP contribution in [0.15, 0.2) is 309 Å².